The largest absolute Gasteiger partial charge is 0.361 e. The van der Waals surface area contributed by atoms with Crippen molar-refractivity contribution in [2.75, 3.05) is 16.6 Å². The number of para-hydroxylation sites is 1. The van der Waals surface area contributed by atoms with Crippen LogP contribution in [0.25, 0.3) is 10.9 Å². The Kier molecular flexibility index (Phi) is 4.39. The molecule has 27 heavy (non-hydrogen) atoms. The average molecular weight is 383 g/mol. The summed E-state index contributed by atoms with van der Waals surface area (Å²) in [6.45, 7) is 2.43. The Morgan fingerprint density at radius 1 is 1.15 bits per heavy atom. The molecule has 2 N–H and O–H groups in total. The van der Waals surface area contributed by atoms with Crippen molar-refractivity contribution < 1.29 is 13.2 Å². The molecule has 3 aromatic rings. The van der Waals surface area contributed by atoms with Gasteiger partial charge in [-0.3, -0.25) is 9.10 Å². The Hall–Kier alpha value is -2.80. The number of nitrogens with one attached hydrogen (secondary N) is 2. The van der Waals surface area contributed by atoms with Gasteiger partial charge in [-0.1, -0.05) is 24.3 Å². The molecular weight excluding hydrogens is 362 g/mol. The number of aromatic amines is 1. The summed E-state index contributed by atoms with van der Waals surface area (Å²) < 4.78 is 25.5. The summed E-state index contributed by atoms with van der Waals surface area (Å²) in [5, 5.41) is 4.00. The second-order valence-electron chi connectivity index (χ2n) is 6.78. The van der Waals surface area contributed by atoms with Crippen LogP contribution in [-0.4, -0.2) is 31.6 Å². The van der Waals surface area contributed by atoms with E-state index in [1.807, 2.05) is 43.5 Å². The number of hydrogen-bond donors (Lipinski definition) is 2. The molecule has 1 amide bonds. The van der Waals surface area contributed by atoms with Crippen LogP contribution in [-0.2, 0) is 10.0 Å². The SMILES string of the molecule is C[C@H](NC(=O)c1cccc2cc[nH]c12)c1ccc(N2CCCS2(=O)=O)cc1. The van der Waals surface area contributed by atoms with Crippen LogP contribution in [0.1, 0.15) is 35.3 Å². The molecule has 6 nitrogen and oxygen atoms in total. The molecule has 1 saturated heterocycles. The van der Waals surface area contributed by atoms with E-state index in [0.29, 0.717) is 24.2 Å². The number of sulfonamides is 1. The van der Waals surface area contributed by atoms with Crippen LogP contribution in [0, 0.1) is 0 Å². The Balaban J connectivity index is 1.51. The van der Waals surface area contributed by atoms with Crippen molar-refractivity contribution in [3.8, 4) is 0 Å². The Morgan fingerprint density at radius 2 is 1.93 bits per heavy atom. The average Bonchev–Trinajstić information content (AvgIpc) is 3.27. The van der Waals surface area contributed by atoms with E-state index in [1.54, 1.807) is 18.2 Å². The highest BCUT2D eigenvalue weighted by molar-refractivity contribution is 7.93. The van der Waals surface area contributed by atoms with Gasteiger partial charge in [-0.05, 0) is 43.2 Å². The number of rotatable bonds is 4. The van der Waals surface area contributed by atoms with Crippen molar-refractivity contribution in [1.82, 2.24) is 10.3 Å². The summed E-state index contributed by atoms with van der Waals surface area (Å²) in [6, 6.07) is 14.7. The highest BCUT2D eigenvalue weighted by Crippen LogP contribution is 2.26. The van der Waals surface area contributed by atoms with E-state index in [4.69, 9.17) is 0 Å². The fraction of sp³-hybridized carbons (Fsp3) is 0.250. The molecule has 7 heteroatoms. The van der Waals surface area contributed by atoms with Gasteiger partial charge >= 0.3 is 0 Å². The van der Waals surface area contributed by atoms with Gasteiger partial charge in [0, 0.05) is 18.1 Å². The summed E-state index contributed by atoms with van der Waals surface area (Å²) in [6.07, 6.45) is 2.47. The molecule has 140 valence electrons. The van der Waals surface area contributed by atoms with Crippen molar-refractivity contribution in [3.63, 3.8) is 0 Å². The first-order valence-electron chi connectivity index (χ1n) is 8.93. The maximum atomic E-state index is 12.7. The Morgan fingerprint density at radius 3 is 2.63 bits per heavy atom. The smallest absolute Gasteiger partial charge is 0.253 e. The monoisotopic (exact) mass is 383 g/mol. The molecule has 0 bridgehead atoms. The number of carbonyl (C=O) groups is 1. The molecule has 0 radical (unpaired) electrons. The molecule has 1 fully saturated rings. The van der Waals surface area contributed by atoms with Gasteiger partial charge in [-0.15, -0.1) is 0 Å². The Bertz CT molecular complexity index is 1090. The third kappa shape index (κ3) is 3.30. The van der Waals surface area contributed by atoms with Gasteiger partial charge < -0.3 is 10.3 Å². The lowest BCUT2D eigenvalue weighted by atomic mass is 10.1. The van der Waals surface area contributed by atoms with Crippen molar-refractivity contribution in [2.45, 2.75) is 19.4 Å². The minimum absolute atomic E-state index is 0.151. The lowest BCUT2D eigenvalue weighted by molar-refractivity contribution is 0.0941. The summed E-state index contributed by atoms with van der Waals surface area (Å²) in [7, 11) is -3.18. The van der Waals surface area contributed by atoms with E-state index in [1.165, 1.54) is 4.31 Å². The van der Waals surface area contributed by atoms with Crippen LogP contribution in [0.15, 0.2) is 54.7 Å². The molecule has 1 aromatic heterocycles. The van der Waals surface area contributed by atoms with Crippen molar-refractivity contribution >= 4 is 32.5 Å². The van der Waals surface area contributed by atoms with E-state index in [2.05, 4.69) is 10.3 Å². The molecule has 4 rings (SSSR count). The molecule has 1 aliphatic rings. The highest BCUT2D eigenvalue weighted by atomic mass is 32.2. The van der Waals surface area contributed by atoms with E-state index >= 15 is 0 Å². The first-order valence-corrected chi connectivity index (χ1v) is 10.5. The molecule has 0 aliphatic carbocycles. The van der Waals surface area contributed by atoms with Gasteiger partial charge in [0.25, 0.3) is 5.91 Å². The maximum absolute atomic E-state index is 12.7. The highest BCUT2D eigenvalue weighted by Gasteiger charge is 2.28. The molecule has 0 saturated carbocycles. The van der Waals surface area contributed by atoms with Gasteiger partial charge in [0.1, 0.15) is 0 Å². The predicted octanol–water partition coefficient (Wildman–Crippen LogP) is 3.20. The second-order valence-corrected chi connectivity index (χ2v) is 8.79. The Labute approximate surface area is 158 Å². The zero-order chi connectivity index (χ0) is 19.0. The summed E-state index contributed by atoms with van der Waals surface area (Å²) in [4.78, 5) is 15.8. The molecule has 0 unspecified atom stereocenters. The van der Waals surface area contributed by atoms with Crippen LogP contribution in [0.5, 0.6) is 0 Å². The molecule has 1 atom stereocenters. The quantitative estimate of drug-likeness (QED) is 0.726. The first-order chi connectivity index (χ1) is 13.0. The number of fused-ring (bicyclic) bond motifs is 1. The zero-order valence-corrected chi connectivity index (χ0v) is 15.8. The standard InChI is InChI=1S/C20H21N3O3S/c1-14(22-20(24)18-5-2-4-16-10-11-21-19(16)18)15-6-8-17(9-7-15)23-12-3-13-27(23,25)26/h2,4-11,14,21H,3,12-13H2,1H3,(H,22,24)/t14-/m0/s1. The van der Waals surface area contributed by atoms with Gasteiger partial charge in [0.05, 0.1) is 28.6 Å². The number of anilines is 1. The second kappa shape index (κ2) is 6.74. The van der Waals surface area contributed by atoms with Gasteiger partial charge in [-0.25, -0.2) is 8.42 Å². The van der Waals surface area contributed by atoms with E-state index in [-0.39, 0.29) is 17.7 Å². The number of nitrogens with zero attached hydrogens (tertiary/aromatic N) is 1. The van der Waals surface area contributed by atoms with Gasteiger partial charge in [0.15, 0.2) is 0 Å². The fourth-order valence-electron chi connectivity index (χ4n) is 3.49. The van der Waals surface area contributed by atoms with Crippen LogP contribution in [0.2, 0.25) is 0 Å². The fourth-order valence-corrected chi connectivity index (χ4v) is 5.06. The molecule has 2 aromatic carbocycles. The van der Waals surface area contributed by atoms with Crippen molar-refractivity contribution in [2.24, 2.45) is 0 Å². The van der Waals surface area contributed by atoms with Crippen molar-refractivity contribution in [3.05, 3.63) is 65.9 Å². The van der Waals surface area contributed by atoms with Crippen molar-refractivity contribution in [1.29, 1.82) is 0 Å². The van der Waals surface area contributed by atoms with Crippen LogP contribution in [0.4, 0.5) is 5.69 Å². The van der Waals surface area contributed by atoms with E-state index < -0.39 is 10.0 Å². The third-order valence-electron chi connectivity index (χ3n) is 4.96. The topological polar surface area (TPSA) is 82.3 Å². The minimum Gasteiger partial charge on any atom is -0.361 e. The van der Waals surface area contributed by atoms with Crippen LogP contribution in [0.3, 0.4) is 0 Å². The molecule has 0 spiro atoms. The molecule has 2 heterocycles. The number of amides is 1. The number of hydrogen-bond acceptors (Lipinski definition) is 3. The van der Waals surface area contributed by atoms with E-state index in [0.717, 1.165) is 16.5 Å². The first kappa shape index (κ1) is 17.6. The van der Waals surface area contributed by atoms with Crippen LogP contribution >= 0.6 is 0 Å². The lowest BCUT2D eigenvalue weighted by Crippen LogP contribution is -2.27. The summed E-state index contributed by atoms with van der Waals surface area (Å²) in [5.74, 6) is 0.0487. The van der Waals surface area contributed by atoms with E-state index in [9.17, 15) is 13.2 Å². The number of H-pyrrole nitrogens is 1. The normalized spacial score (nSPS) is 17.1. The van der Waals surface area contributed by atoms with Crippen LogP contribution < -0.4 is 9.62 Å². The number of aromatic nitrogens is 1. The van der Waals surface area contributed by atoms with Gasteiger partial charge in [-0.2, -0.15) is 0 Å². The zero-order valence-electron chi connectivity index (χ0n) is 15.0. The predicted molar refractivity (Wildman–Crippen MR) is 106 cm³/mol. The van der Waals surface area contributed by atoms with Gasteiger partial charge in [0.2, 0.25) is 10.0 Å². The number of carbonyl (C=O) groups excluding carboxylic acids is 1. The minimum atomic E-state index is -3.18. The third-order valence-corrected chi connectivity index (χ3v) is 6.83. The maximum Gasteiger partial charge on any atom is 0.253 e. The number of benzene rings is 2. The summed E-state index contributed by atoms with van der Waals surface area (Å²) >= 11 is 0. The summed E-state index contributed by atoms with van der Waals surface area (Å²) in [5.41, 5.74) is 3.01. The molecular formula is C20H21N3O3S. The lowest BCUT2D eigenvalue weighted by Gasteiger charge is -2.19. The molecule has 1 aliphatic heterocycles.